The van der Waals surface area contributed by atoms with E-state index in [4.69, 9.17) is 4.74 Å². The van der Waals surface area contributed by atoms with Crippen molar-refractivity contribution in [1.29, 1.82) is 0 Å². The normalized spacial score (nSPS) is 14.6. The molecule has 1 aliphatic rings. The van der Waals surface area contributed by atoms with Gasteiger partial charge in [-0.3, -0.25) is 9.69 Å². The Labute approximate surface area is 169 Å². The van der Waals surface area contributed by atoms with Gasteiger partial charge in [0.05, 0.1) is 13.5 Å². The molecule has 0 bridgehead atoms. The van der Waals surface area contributed by atoms with Gasteiger partial charge in [-0.15, -0.1) is 12.4 Å². The summed E-state index contributed by atoms with van der Waals surface area (Å²) in [6, 6.07) is 16.0. The minimum atomic E-state index is 0. The van der Waals surface area contributed by atoms with Crippen molar-refractivity contribution in [1.82, 2.24) is 9.80 Å². The van der Waals surface area contributed by atoms with Gasteiger partial charge in [-0.05, 0) is 23.8 Å². The van der Waals surface area contributed by atoms with E-state index >= 15 is 0 Å². The van der Waals surface area contributed by atoms with Crippen LogP contribution in [-0.2, 0) is 17.8 Å². The topological polar surface area (TPSA) is 32.8 Å². The summed E-state index contributed by atoms with van der Waals surface area (Å²) in [5, 5.41) is 0. The summed E-state index contributed by atoms with van der Waals surface area (Å²) in [7, 11) is 1.70. The molecule has 0 spiro atoms. The van der Waals surface area contributed by atoms with E-state index < -0.39 is 0 Å². The number of hydrogen-bond acceptors (Lipinski definition) is 3. The first-order chi connectivity index (χ1) is 12.2. The Bertz CT molecular complexity index is 719. The van der Waals surface area contributed by atoms with Gasteiger partial charge in [0.25, 0.3) is 0 Å². The van der Waals surface area contributed by atoms with Crippen LogP contribution in [0, 0.1) is 0 Å². The number of hydrogen-bond donors (Lipinski definition) is 0. The van der Waals surface area contributed by atoms with Gasteiger partial charge in [-0.1, -0.05) is 46.3 Å². The number of ether oxygens (including phenoxy) is 1. The van der Waals surface area contributed by atoms with E-state index in [1.165, 1.54) is 5.56 Å². The minimum absolute atomic E-state index is 0. The van der Waals surface area contributed by atoms with Crippen LogP contribution in [0.4, 0.5) is 0 Å². The maximum atomic E-state index is 12.5. The number of carbonyl (C=O) groups excluding carboxylic acids is 1. The van der Waals surface area contributed by atoms with E-state index in [9.17, 15) is 4.79 Å². The third kappa shape index (κ3) is 5.47. The number of rotatable bonds is 5. The van der Waals surface area contributed by atoms with E-state index in [1.54, 1.807) is 7.11 Å². The second kappa shape index (κ2) is 9.95. The molecular formula is C20H24BrClN2O2. The number of nitrogens with zero attached hydrogens (tertiary/aromatic N) is 2. The Balaban J connectivity index is 0.00000243. The van der Waals surface area contributed by atoms with Crippen molar-refractivity contribution in [2.45, 2.75) is 13.0 Å². The number of benzene rings is 2. The van der Waals surface area contributed by atoms with Gasteiger partial charge in [0, 0.05) is 42.8 Å². The zero-order valence-corrected chi connectivity index (χ0v) is 17.3. The molecule has 1 aliphatic heterocycles. The van der Waals surface area contributed by atoms with Crippen molar-refractivity contribution in [2.24, 2.45) is 0 Å². The van der Waals surface area contributed by atoms with Gasteiger partial charge in [-0.2, -0.15) is 0 Å². The Morgan fingerprint density at radius 2 is 1.77 bits per heavy atom. The molecule has 0 unspecified atom stereocenters. The van der Waals surface area contributed by atoms with E-state index in [1.807, 2.05) is 47.4 Å². The summed E-state index contributed by atoms with van der Waals surface area (Å²) >= 11 is 3.52. The molecule has 3 rings (SSSR count). The fraction of sp³-hybridized carbons (Fsp3) is 0.350. The number of methoxy groups -OCH3 is 1. The van der Waals surface area contributed by atoms with Crippen LogP contribution in [0.1, 0.15) is 11.1 Å². The number of piperazine rings is 1. The predicted molar refractivity (Wildman–Crippen MR) is 110 cm³/mol. The molecule has 1 amide bonds. The molecule has 0 N–H and O–H groups in total. The molecule has 2 aromatic rings. The monoisotopic (exact) mass is 438 g/mol. The third-order valence-corrected chi connectivity index (χ3v) is 5.05. The smallest absolute Gasteiger partial charge is 0.227 e. The van der Waals surface area contributed by atoms with Crippen molar-refractivity contribution in [3.63, 3.8) is 0 Å². The van der Waals surface area contributed by atoms with Crippen molar-refractivity contribution in [3.8, 4) is 5.75 Å². The second-order valence-electron chi connectivity index (χ2n) is 6.28. The average molecular weight is 440 g/mol. The number of halogens is 2. The summed E-state index contributed by atoms with van der Waals surface area (Å²) < 4.78 is 6.51. The van der Waals surface area contributed by atoms with Crippen LogP contribution in [0.5, 0.6) is 5.75 Å². The summed E-state index contributed by atoms with van der Waals surface area (Å²) in [6.07, 6.45) is 0.486. The van der Waals surface area contributed by atoms with Crippen LogP contribution in [-0.4, -0.2) is 49.0 Å². The molecule has 0 radical (unpaired) electrons. The molecule has 1 heterocycles. The van der Waals surface area contributed by atoms with Gasteiger partial charge in [0.1, 0.15) is 5.75 Å². The molecule has 0 aliphatic carbocycles. The van der Waals surface area contributed by atoms with Crippen molar-refractivity contribution in [2.75, 3.05) is 33.3 Å². The molecule has 1 saturated heterocycles. The van der Waals surface area contributed by atoms with E-state index in [0.717, 1.165) is 48.5 Å². The highest BCUT2D eigenvalue weighted by atomic mass is 79.9. The van der Waals surface area contributed by atoms with Crippen molar-refractivity contribution >= 4 is 34.2 Å². The van der Waals surface area contributed by atoms with Gasteiger partial charge < -0.3 is 9.64 Å². The predicted octanol–water partition coefficient (Wildman–Crippen LogP) is 3.77. The summed E-state index contributed by atoms with van der Waals surface area (Å²) in [5.41, 5.74) is 2.25. The molecule has 26 heavy (non-hydrogen) atoms. The van der Waals surface area contributed by atoms with E-state index in [-0.39, 0.29) is 18.3 Å². The number of amides is 1. The maximum Gasteiger partial charge on any atom is 0.227 e. The fourth-order valence-corrected chi connectivity index (χ4v) is 3.56. The third-order valence-electron chi connectivity index (χ3n) is 4.56. The molecule has 6 heteroatoms. The van der Waals surface area contributed by atoms with E-state index in [0.29, 0.717) is 6.42 Å². The first-order valence-corrected chi connectivity index (χ1v) is 9.31. The molecule has 4 nitrogen and oxygen atoms in total. The van der Waals surface area contributed by atoms with Gasteiger partial charge >= 0.3 is 0 Å². The van der Waals surface area contributed by atoms with Gasteiger partial charge in [-0.25, -0.2) is 0 Å². The lowest BCUT2D eigenvalue weighted by molar-refractivity contribution is -0.132. The van der Waals surface area contributed by atoms with Crippen LogP contribution in [0.2, 0.25) is 0 Å². The van der Waals surface area contributed by atoms with Crippen LogP contribution in [0.3, 0.4) is 0 Å². The average Bonchev–Trinajstić information content (AvgIpc) is 2.63. The molecule has 1 fully saturated rings. The highest BCUT2D eigenvalue weighted by Gasteiger charge is 2.22. The largest absolute Gasteiger partial charge is 0.496 e. The molecule has 0 aromatic heterocycles. The lowest BCUT2D eigenvalue weighted by Gasteiger charge is -2.35. The quantitative estimate of drug-likeness (QED) is 0.711. The molecular weight excluding hydrogens is 416 g/mol. The van der Waals surface area contributed by atoms with Gasteiger partial charge in [0.2, 0.25) is 5.91 Å². The minimum Gasteiger partial charge on any atom is -0.496 e. The van der Waals surface area contributed by atoms with E-state index in [2.05, 4.69) is 26.9 Å². The van der Waals surface area contributed by atoms with Crippen LogP contribution in [0.15, 0.2) is 53.0 Å². The summed E-state index contributed by atoms with van der Waals surface area (Å²) in [6.45, 7) is 4.17. The zero-order chi connectivity index (χ0) is 17.6. The zero-order valence-electron chi connectivity index (χ0n) is 14.9. The Hall–Kier alpha value is -1.56. The van der Waals surface area contributed by atoms with Crippen LogP contribution < -0.4 is 4.74 Å². The fourth-order valence-electron chi connectivity index (χ4n) is 3.15. The van der Waals surface area contributed by atoms with Crippen LogP contribution in [0.25, 0.3) is 0 Å². The van der Waals surface area contributed by atoms with Crippen LogP contribution >= 0.6 is 28.3 Å². The highest BCUT2D eigenvalue weighted by molar-refractivity contribution is 9.10. The Morgan fingerprint density at radius 1 is 1.08 bits per heavy atom. The molecule has 140 valence electrons. The van der Waals surface area contributed by atoms with Crippen molar-refractivity contribution in [3.05, 3.63) is 64.1 Å². The summed E-state index contributed by atoms with van der Waals surface area (Å²) in [4.78, 5) is 16.8. The molecule has 2 aromatic carbocycles. The first-order valence-electron chi connectivity index (χ1n) is 8.52. The SMILES string of the molecule is COc1ccc(Br)cc1CN1CCN(C(=O)Cc2ccccc2)CC1.Cl. The standard InChI is InChI=1S/C20H23BrN2O2.ClH/c1-25-19-8-7-18(21)14-17(19)15-22-9-11-23(12-10-22)20(24)13-16-5-3-2-4-6-16;/h2-8,14H,9-13,15H2,1H3;1H. The molecule has 0 atom stereocenters. The number of carbonyl (C=O) groups is 1. The summed E-state index contributed by atoms with van der Waals surface area (Å²) in [5.74, 6) is 1.12. The lowest BCUT2D eigenvalue weighted by atomic mass is 10.1. The van der Waals surface area contributed by atoms with Crippen molar-refractivity contribution < 1.29 is 9.53 Å². The second-order valence-corrected chi connectivity index (χ2v) is 7.19. The Morgan fingerprint density at radius 3 is 2.42 bits per heavy atom. The van der Waals surface area contributed by atoms with Gasteiger partial charge in [0.15, 0.2) is 0 Å². The highest BCUT2D eigenvalue weighted by Crippen LogP contribution is 2.24. The molecule has 0 saturated carbocycles. The first kappa shape index (κ1) is 20.7. The Kier molecular flexibility index (Phi) is 7.94. The maximum absolute atomic E-state index is 12.5. The lowest BCUT2D eigenvalue weighted by Crippen LogP contribution is -2.48.